The van der Waals surface area contributed by atoms with Gasteiger partial charge in [-0.15, -0.1) is 0 Å². The Balaban J connectivity index is 1.52. The molecule has 0 N–H and O–H groups in total. The number of aliphatic imine (C=N–C) groups is 1. The van der Waals surface area contributed by atoms with E-state index < -0.39 is 17.2 Å². The molecule has 0 bridgehead atoms. The standard InChI is InChI=1S/C24H17F3N4O/c25-19-3-1-2-18(10-19)16-4-6-17(7-5-16)23-30-24(13-32-23,12-31-15-28-14-29-31)21-9-8-20(26)11-22(21)27/h1-11,14-15H,12-13H2. The van der Waals surface area contributed by atoms with Crippen molar-refractivity contribution in [1.29, 1.82) is 0 Å². The highest BCUT2D eigenvalue weighted by Crippen LogP contribution is 2.36. The summed E-state index contributed by atoms with van der Waals surface area (Å²) in [5.41, 5.74) is 1.35. The first-order valence-electron chi connectivity index (χ1n) is 9.89. The van der Waals surface area contributed by atoms with Crippen molar-refractivity contribution in [2.75, 3.05) is 6.61 Å². The highest BCUT2D eigenvalue weighted by molar-refractivity contribution is 5.96. The SMILES string of the molecule is Fc1cccc(-c2ccc(C3=NC(Cn4cncn4)(c4ccc(F)cc4F)CO3)cc2)c1. The van der Waals surface area contributed by atoms with E-state index in [1.54, 1.807) is 6.07 Å². The molecule has 0 saturated heterocycles. The number of hydrogen-bond donors (Lipinski definition) is 0. The molecule has 1 aromatic heterocycles. The number of halogens is 3. The minimum absolute atomic E-state index is 0.0520. The van der Waals surface area contributed by atoms with E-state index in [0.717, 1.165) is 17.2 Å². The second-order valence-electron chi connectivity index (χ2n) is 7.54. The summed E-state index contributed by atoms with van der Waals surface area (Å²) in [4.78, 5) is 8.65. The van der Waals surface area contributed by atoms with Crippen LogP contribution >= 0.6 is 0 Å². The Bertz CT molecular complexity index is 1290. The fraction of sp³-hybridized carbons (Fsp3) is 0.125. The molecule has 0 amide bonds. The maximum absolute atomic E-state index is 14.7. The first-order valence-corrected chi connectivity index (χ1v) is 9.89. The van der Waals surface area contributed by atoms with E-state index in [0.29, 0.717) is 11.5 Å². The van der Waals surface area contributed by atoms with Crippen molar-refractivity contribution >= 4 is 5.90 Å². The largest absolute Gasteiger partial charge is 0.474 e. The molecule has 1 atom stereocenters. The predicted molar refractivity (Wildman–Crippen MR) is 112 cm³/mol. The van der Waals surface area contributed by atoms with Crippen molar-refractivity contribution in [2.24, 2.45) is 4.99 Å². The minimum Gasteiger partial charge on any atom is -0.474 e. The van der Waals surface area contributed by atoms with Gasteiger partial charge in [-0.05, 0) is 41.5 Å². The summed E-state index contributed by atoms with van der Waals surface area (Å²) >= 11 is 0. The Morgan fingerprint density at radius 3 is 2.38 bits per heavy atom. The number of benzene rings is 3. The smallest absolute Gasteiger partial charge is 0.217 e. The molecule has 32 heavy (non-hydrogen) atoms. The van der Waals surface area contributed by atoms with Gasteiger partial charge in [-0.25, -0.2) is 23.1 Å². The van der Waals surface area contributed by atoms with Crippen LogP contribution in [0.5, 0.6) is 0 Å². The molecule has 1 aliphatic rings. The van der Waals surface area contributed by atoms with Gasteiger partial charge in [-0.2, -0.15) is 5.10 Å². The van der Waals surface area contributed by atoms with E-state index >= 15 is 0 Å². The van der Waals surface area contributed by atoms with Crippen molar-refractivity contribution in [3.63, 3.8) is 0 Å². The van der Waals surface area contributed by atoms with Crippen molar-refractivity contribution < 1.29 is 17.9 Å². The van der Waals surface area contributed by atoms with Gasteiger partial charge in [0.05, 0.1) is 6.54 Å². The number of rotatable bonds is 5. The van der Waals surface area contributed by atoms with Gasteiger partial charge in [-0.1, -0.05) is 30.3 Å². The van der Waals surface area contributed by atoms with Gasteiger partial charge in [0.2, 0.25) is 5.90 Å². The lowest BCUT2D eigenvalue weighted by atomic mass is 9.91. The Kier molecular flexibility index (Phi) is 4.97. The summed E-state index contributed by atoms with van der Waals surface area (Å²) in [7, 11) is 0. The highest BCUT2D eigenvalue weighted by atomic mass is 19.1. The molecule has 1 unspecified atom stereocenters. The third-order valence-corrected chi connectivity index (χ3v) is 5.38. The van der Waals surface area contributed by atoms with E-state index in [-0.39, 0.29) is 24.5 Å². The van der Waals surface area contributed by atoms with Crippen LogP contribution in [0.2, 0.25) is 0 Å². The molecule has 160 valence electrons. The van der Waals surface area contributed by atoms with Crippen molar-refractivity contribution in [2.45, 2.75) is 12.1 Å². The van der Waals surface area contributed by atoms with E-state index in [2.05, 4.69) is 10.1 Å². The van der Waals surface area contributed by atoms with E-state index in [1.165, 1.54) is 41.6 Å². The van der Waals surface area contributed by atoms with Gasteiger partial charge >= 0.3 is 0 Å². The predicted octanol–water partition coefficient (Wildman–Crippen LogP) is 4.73. The minimum atomic E-state index is -1.14. The summed E-state index contributed by atoms with van der Waals surface area (Å²) in [5, 5.41) is 4.10. The van der Waals surface area contributed by atoms with Crippen LogP contribution in [0, 0.1) is 17.5 Å². The maximum Gasteiger partial charge on any atom is 0.217 e. The summed E-state index contributed by atoms with van der Waals surface area (Å²) in [6.07, 6.45) is 2.88. The van der Waals surface area contributed by atoms with E-state index in [4.69, 9.17) is 9.73 Å². The summed E-state index contributed by atoms with van der Waals surface area (Å²) in [6, 6.07) is 17.0. The van der Waals surface area contributed by atoms with Crippen LogP contribution in [0.4, 0.5) is 13.2 Å². The number of nitrogens with zero attached hydrogens (tertiary/aromatic N) is 4. The quantitative estimate of drug-likeness (QED) is 0.456. The van der Waals surface area contributed by atoms with Crippen LogP contribution in [0.25, 0.3) is 11.1 Å². The second kappa shape index (κ2) is 7.96. The zero-order valence-electron chi connectivity index (χ0n) is 16.8. The molecule has 5 nitrogen and oxygen atoms in total. The van der Waals surface area contributed by atoms with Gasteiger partial charge in [0, 0.05) is 17.2 Å². The normalized spacial score (nSPS) is 17.8. The van der Waals surface area contributed by atoms with Crippen LogP contribution in [-0.4, -0.2) is 27.3 Å². The molecule has 0 fully saturated rings. The average molecular weight is 434 g/mol. The molecule has 2 heterocycles. The Morgan fingerprint density at radius 2 is 1.66 bits per heavy atom. The number of ether oxygens (including phenoxy) is 1. The summed E-state index contributed by atoms with van der Waals surface area (Å²) in [6.45, 7) is 0.219. The third kappa shape index (κ3) is 3.75. The molecule has 1 aliphatic heterocycles. The molecule has 3 aromatic carbocycles. The van der Waals surface area contributed by atoms with Crippen LogP contribution < -0.4 is 0 Å². The molecule has 8 heteroatoms. The second-order valence-corrected chi connectivity index (χ2v) is 7.54. The summed E-state index contributed by atoms with van der Waals surface area (Å²) in [5.74, 6) is -1.35. The van der Waals surface area contributed by atoms with Crippen molar-refractivity contribution in [3.05, 3.63) is 108 Å². The van der Waals surface area contributed by atoms with Gasteiger partial charge in [0.25, 0.3) is 0 Å². The van der Waals surface area contributed by atoms with Gasteiger partial charge in [0.1, 0.15) is 42.3 Å². The fourth-order valence-corrected chi connectivity index (χ4v) is 3.82. The van der Waals surface area contributed by atoms with Gasteiger partial charge in [-0.3, -0.25) is 4.68 Å². The van der Waals surface area contributed by atoms with Gasteiger partial charge in [0.15, 0.2) is 0 Å². The molecule has 0 spiro atoms. The molecular formula is C24H17F3N4O. The monoisotopic (exact) mass is 434 g/mol. The number of hydrogen-bond acceptors (Lipinski definition) is 4. The first-order chi connectivity index (χ1) is 15.5. The molecule has 0 radical (unpaired) electrons. The third-order valence-electron chi connectivity index (χ3n) is 5.38. The zero-order valence-corrected chi connectivity index (χ0v) is 16.8. The van der Waals surface area contributed by atoms with Gasteiger partial charge < -0.3 is 4.74 Å². The highest BCUT2D eigenvalue weighted by Gasteiger charge is 2.42. The summed E-state index contributed by atoms with van der Waals surface area (Å²) < 4.78 is 49.2. The van der Waals surface area contributed by atoms with Crippen LogP contribution in [-0.2, 0) is 16.8 Å². The van der Waals surface area contributed by atoms with Crippen molar-refractivity contribution in [1.82, 2.24) is 14.8 Å². The molecule has 0 aliphatic carbocycles. The van der Waals surface area contributed by atoms with Crippen molar-refractivity contribution in [3.8, 4) is 11.1 Å². The average Bonchev–Trinajstić information content (AvgIpc) is 3.45. The fourth-order valence-electron chi connectivity index (χ4n) is 3.82. The Labute approximate surface area is 181 Å². The van der Waals surface area contributed by atoms with Crippen LogP contribution in [0.1, 0.15) is 11.1 Å². The maximum atomic E-state index is 14.7. The van der Waals surface area contributed by atoms with Crippen LogP contribution in [0.15, 0.2) is 84.4 Å². The first kappa shape index (κ1) is 20.0. The lowest BCUT2D eigenvalue weighted by Crippen LogP contribution is -2.32. The van der Waals surface area contributed by atoms with Crippen LogP contribution in [0.3, 0.4) is 0 Å². The Hall–Kier alpha value is -3.94. The molecular weight excluding hydrogens is 417 g/mol. The molecule has 0 saturated carbocycles. The Morgan fingerprint density at radius 1 is 0.875 bits per heavy atom. The zero-order chi connectivity index (χ0) is 22.1. The molecule has 5 rings (SSSR count). The van der Waals surface area contributed by atoms with E-state index in [9.17, 15) is 13.2 Å². The topological polar surface area (TPSA) is 52.3 Å². The molecule has 4 aromatic rings. The number of aromatic nitrogens is 3. The van der Waals surface area contributed by atoms with E-state index in [1.807, 2.05) is 30.3 Å². The lowest BCUT2D eigenvalue weighted by molar-refractivity contribution is 0.225. The lowest BCUT2D eigenvalue weighted by Gasteiger charge is -2.24.